The van der Waals surface area contributed by atoms with Crippen molar-refractivity contribution in [2.45, 2.75) is 71.4 Å². The monoisotopic (exact) mass is 409 g/mol. The molecule has 134 valence electrons. The van der Waals surface area contributed by atoms with Gasteiger partial charge in [0.05, 0.1) is 6.07 Å². The van der Waals surface area contributed by atoms with Crippen LogP contribution in [0.3, 0.4) is 0 Å². The van der Waals surface area contributed by atoms with Gasteiger partial charge in [-0.1, -0.05) is 0 Å². The van der Waals surface area contributed by atoms with Crippen LogP contribution >= 0.6 is 0 Å². The smallest absolute Gasteiger partial charge is 0.318 e. The third-order valence-corrected chi connectivity index (χ3v) is 23.4. The molecule has 0 aromatic heterocycles. The van der Waals surface area contributed by atoms with Crippen molar-refractivity contribution in [2.75, 3.05) is 0 Å². The lowest BCUT2D eigenvalue weighted by molar-refractivity contribution is 0.236. The lowest BCUT2D eigenvalue weighted by Gasteiger charge is -2.47. The maximum Gasteiger partial charge on any atom is 0.318 e. The van der Waals surface area contributed by atoms with Crippen molar-refractivity contribution >= 4 is 42.8 Å². The van der Waals surface area contributed by atoms with Gasteiger partial charge >= 0.3 is 42.8 Å². The van der Waals surface area contributed by atoms with E-state index in [-0.39, 0.29) is 0 Å². The van der Waals surface area contributed by atoms with Gasteiger partial charge in [-0.15, -0.1) is 0 Å². The van der Waals surface area contributed by atoms with Crippen LogP contribution in [0.1, 0.15) is 6.42 Å². The third kappa shape index (κ3) is 7.42. The first-order valence-electron chi connectivity index (χ1n) is 7.97. The summed E-state index contributed by atoms with van der Waals surface area (Å²) in [5.41, 5.74) is 0. The van der Waals surface area contributed by atoms with E-state index in [0.717, 1.165) is 0 Å². The van der Waals surface area contributed by atoms with Crippen molar-refractivity contribution < 1.29 is 20.6 Å². The molecular formula is C12H31NO5Si5. The zero-order valence-corrected chi connectivity index (χ0v) is 20.9. The maximum atomic E-state index is 8.98. The van der Waals surface area contributed by atoms with Crippen molar-refractivity contribution in [1.29, 1.82) is 5.26 Å². The molecule has 1 fully saturated rings. The minimum absolute atomic E-state index is 0.426. The van der Waals surface area contributed by atoms with Crippen molar-refractivity contribution in [3.05, 3.63) is 0 Å². The normalized spacial score (nSPS) is 28.5. The standard InChI is InChI=1S/C12H31NO5Si5/c1-19(2)14-20(3,4)16-22(7,8)18-23(9,12-10-11-13)17-21(5,6)15-19/h10,12H2,1-9H3. The highest BCUT2D eigenvalue weighted by molar-refractivity contribution is 6.93. The van der Waals surface area contributed by atoms with Crippen molar-refractivity contribution in [2.24, 2.45) is 0 Å². The molecule has 1 aliphatic heterocycles. The number of hydrogen-bond donors (Lipinski definition) is 0. The molecule has 0 amide bonds. The van der Waals surface area contributed by atoms with Crippen LogP contribution in [0.5, 0.6) is 0 Å². The molecule has 0 unspecified atom stereocenters. The van der Waals surface area contributed by atoms with Gasteiger partial charge in [0.1, 0.15) is 0 Å². The summed E-state index contributed by atoms with van der Waals surface area (Å²) in [7, 11) is -12.1. The average Bonchev–Trinajstić information content (AvgIpc) is 2.16. The van der Waals surface area contributed by atoms with Crippen molar-refractivity contribution in [1.82, 2.24) is 0 Å². The topological polar surface area (TPSA) is 69.9 Å². The highest BCUT2D eigenvalue weighted by Crippen LogP contribution is 2.32. The zero-order valence-electron chi connectivity index (χ0n) is 15.9. The second-order valence-electron chi connectivity index (χ2n) is 7.90. The molecule has 11 heteroatoms. The van der Waals surface area contributed by atoms with Gasteiger partial charge in [-0.25, -0.2) is 0 Å². The molecule has 0 bridgehead atoms. The molecule has 0 aromatic rings. The van der Waals surface area contributed by atoms with Crippen LogP contribution < -0.4 is 0 Å². The summed E-state index contributed by atoms with van der Waals surface area (Å²) < 4.78 is 31.9. The van der Waals surface area contributed by atoms with E-state index in [2.05, 4.69) is 32.3 Å². The highest BCUT2D eigenvalue weighted by Gasteiger charge is 2.52. The van der Waals surface area contributed by atoms with Gasteiger partial charge in [-0.05, 0) is 58.9 Å². The molecule has 1 saturated heterocycles. The average molecular weight is 410 g/mol. The van der Waals surface area contributed by atoms with Gasteiger partial charge in [0.2, 0.25) is 0 Å². The summed E-state index contributed by atoms with van der Waals surface area (Å²) in [6.07, 6.45) is 0.426. The van der Waals surface area contributed by atoms with Gasteiger partial charge in [-0.2, -0.15) is 5.26 Å². The second-order valence-corrected chi connectivity index (χ2v) is 26.0. The Morgan fingerprint density at radius 3 is 1.22 bits per heavy atom. The number of rotatable bonds is 2. The van der Waals surface area contributed by atoms with Gasteiger partial charge in [0.15, 0.2) is 0 Å². The van der Waals surface area contributed by atoms with Gasteiger partial charge in [0.25, 0.3) is 0 Å². The molecule has 0 aliphatic carbocycles. The summed E-state index contributed by atoms with van der Waals surface area (Å²) in [5, 5.41) is 8.98. The van der Waals surface area contributed by atoms with Crippen molar-refractivity contribution in [3.63, 3.8) is 0 Å². The molecule has 0 saturated carbocycles. The summed E-state index contributed by atoms with van der Waals surface area (Å²) in [4.78, 5) is 0. The quantitative estimate of drug-likeness (QED) is 0.645. The Balaban J connectivity index is 3.22. The predicted octanol–water partition coefficient (Wildman–Crippen LogP) is 3.88. The van der Waals surface area contributed by atoms with E-state index in [4.69, 9.17) is 25.8 Å². The Kier molecular flexibility index (Phi) is 6.46. The molecule has 23 heavy (non-hydrogen) atoms. The molecule has 1 rings (SSSR count). The molecule has 0 radical (unpaired) electrons. The van der Waals surface area contributed by atoms with E-state index in [9.17, 15) is 0 Å². The Morgan fingerprint density at radius 1 is 0.609 bits per heavy atom. The van der Waals surface area contributed by atoms with Crippen molar-refractivity contribution in [3.8, 4) is 6.07 Å². The number of nitriles is 1. The van der Waals surface area contributed by atoms with E-state index in [1.54, 1.807) is 0 Å². The fourth-order valence-corrected chi connectivity index (χ4v) is 29.9. The maximum absolute atomic E-state index is 8.98. The fourth-order valence-electron chi connectivity index (χ4n) is 3.30. The largest absolute Gasteiger partial charge is 0.416 e. The molecule has 6 nitrogen and oxygen atoms in total. The molecule has 0 N–H and O–H groups in total. The van der Waals surface area contributed by atoms with Crippen LogP contribution in [0.15, 0.2) is 0 Å². The van der Waals surface area contributed by atoms with Crippen LogP contribution in [0, 0.1) is 11.3 Å². The first-order chi connectivity index (χ1) is 10.1. The van der Waals surface area contributed by atoms with Crippen LogP contribution in [-0.2, 0) is 20.6 Å². The lowest BCUT2D eigenvalue weighted by atomic mass is 10.6. The highest BCUT2D eigenvalue weighted by atomic mass is 28.5. The first kappa shape index (κ1) is 21.4. The second kappa shape index (κ2) is 6.94. The predicted molar refractivity (Wildman–Crippen MR) is 102 cm³/mol. The Hall–Kier alpha value is 0.374. The lowest BCUT2D eigenvalue weighted by Crippen LogP contribution is -2.64. The summed E-state index contributed by atoms with van der Waals surface area (Å²) in [6.45, 7) is 18.4. The molecule has 1 heterocycles. The number of hydrogen-bond acceptors (Lipinski definition) is 6. The number of nitrogens with zero attached hydrogens (tertiary/aromatic N) is 1. The summed E-state index contributed by atoms with van der Waals surface area (Å²) in [6, 6.07) is 2.84. The van der Waals surface area contributed by atoms with E-state index < -0.39 is 42.8 Å². The Labute approximate surface area is 146 Å². The van der Waals surface area contributed by atoms with E-state index in [0.29, 0.717) is 12.5 Å². The third-order valence-electron chi connectivity index (χ3n) is 3.09. The summed E-state index contributed by atoms with van der Waals surface area (Å²) >= 11 is 0. The molecule has 0 spiro atoms. The minimum Gasteiger partial charge on any atom is -0.416 e. The Morgan fingerprint density at radius 2 is 0.913 bits per heavy atom. The van der Waals surface area contributed by atoms with Gasteiger partial charge in [0, 0.05) is 12.5 Å². The van der Waals surface area contributed by atoms with E-state index in [1.165, 1.54) is 0 Å². The zero-order chi connectivity index (χ0) is 18.2. The van der Waals surface area contributed by atoms with Crippen LogP contribution in [0.4, 0.5) is 0 Å². The Bertz CT molecular complexity index is 447. The van der Waals surface area contributed by atoms with Gasteiger partial charge in [-0.3, -0.25) is 0 Å². The molecule has 0 aromatic carbocycles. The van der Waals surface area contributed by atoms with Crippen LogP contribution in [0.2, 0.25) is 65.0 Å². The SMILES string of the molecule is C[Si]1(C)O[Si](C)(C)O[Si](C)(C)O[Si](C)(CCC#N)O[Si](C)(C)O1. The van der Waals surface area contributed by atoms with Gasteiger partial charge < -0.3 is 20.6 Å². The molecule has 1 aliphatic rings. The minimum atomic E-state index is -2.55. The molecule has 0 atom stereocenters. The molecular weight excluding hydrogens is 379 g/mol. The van der Waals surface area contributed by atoms with Crippen LogP contribution in [0.25, 0.3) is 0 Å². The van der Waals surface area contributed by atoms with Crippen LogP contribution in [-0.4, -0.2) is 42.8 Å². The first-order valence-corrected chi connectivity index (χ1v) is 21.8. The van der Waals surface area contributed by atoms with E-state index in [1.807, 2.05) is 32.7 Å². The van der Waals surface area contributed by atoms with E-state index >= 15 is 0 Å². The summed E-state index contributed by atoms with van der Waals surface area (Å²) in [5.74, 6) is 0. The fraction of sp³-hybridized carbons (Fsp3) is 0.917.